The van der Waals surface area contributed by atoms with Crippen molar-refractivity contribution in [2.24, 2.45) is 5.73 Å². The van der Waals surface area contributed by atoms with Gasteiger partial charge in [0.15, 0.2) is 9.84 Å². The average molecular weight is 260 g/mol. The number of nitrogens with two attached hydrogens (primary N) is 1. The minimum absolute atomic E-state index is 0.0926. The maximum atomic E-state index is 11.3. The molecule has 0 aliphatic carbocycles. The van der Waals surface area contributed by atoms with Crippen LogP contribution in [0.15, 0.2) is 6.20 Å². The quantitative estimate of drug-likeness (QED) is 0.771. The number of aryl methyl sites for hydroxylation is 1. The van der Waals surface area contributed by atoms with Crippen molar-refractivity contribution in [1.82, 2.24) is 15.0 Å². The van der Waals surface area contributed by atoms with Gasteiger partial charge >= 0.3 is 0 Å². The lowest BCUT2D eigenvalue weighted by Gasteiger charge is -2.04. The fraction of sp³-hybridized carbons (Fsp3) is 0.800. The lowest BCUT2D eigenvalue weighted by Crippen LogP contribution is -2.15. The van der Waals surface area contributed by atoms with Crippen LogP contribution in [-0.2, 0) is 16.4 Å². The number of hydrogen-bond donors (Lipinski definition) is 1. The zero-order valence-electron chi connectivity index (χ0n) is 10.3. The van der Waals surface area contributed by atoms with E-state index in [1.807, 2.05) is 0 Å². The van der Waals surface area contributed by atoms with Crippen molar-refractivity contribution in [2.75, 3.05) is 11.5 Å². The summed E-state index contributed by atoms with van der Waals surface area (Å²) >= 11 is 0. The van der Waals surface area contributed by atoms with Crippen LogP contribution < -0.4 is 5.73 Å². The van der Waals surface area contributed by atoms with Gasteiger partial charge in [0.05, 0.1) is 30.2 Å². The molecule has 1 heterocycles. The summed E-state index contributed by atoms with van der Waals surface area (Å²) in [5, 5.41) is 7.83. The number of nitrogens with zero attached hydrogens (tertiary/aromatic N) is 3. The summed E-state index contributed by atoms with van der Waals surface area (Å²) in [5.41, 5.74) is 6.62. The van der Waals surface area contributed by atoms with Crippen LogP contribution in [0, 0.1) is 0 Å². The lowest BCUT2D eigenvalue weighted by molar-refractivity contribution is 0.575. The molecule has 0 bridgehead atoms. The Bertz CT molecular complexity index is 441. The third kappa shape index (κ3) is 4.43. The Labute approximate surface area is 102 Å². The second-order valence-electron chi connectivity index (χ2n) is 4.04. The first kappa shape index (κ1) is 14.1. The number of hydrogen-bond acceptors (Lipinski definition) is 5. The van der Waals surface area contributed by atoms with Crippen LogP contribution in [-0.4, -0.2) is 34.9 Å². The average Bonchev–Trinajstić information content (AvgIpc) is 2.76. The summed E-state index contributed by atoms with van der Waals surface area (Å²) in [7, 11) is -2.96. The molecule has 6 nitrogen and oxygen atoms in total. The molecule has 0 radical (unpaired) electrons. The van der Waals surface area contributed by atoms with Gasteiger partial charge in [-0.15, -0.1) is 5.10 Å². The van der Waals surface area contributed by atoms with Gasteiger partial charge < -0.3 is 5.73 Å². The molecule has 0 saturated heterocycles. The molecule has 1 atom stereocenters. The van der Waals surface area contributed by atoms with Gasteiger partial charge in [0.25, 0.3) is 0 Å². The molecule has 98 valence electrons. The minimum atomic E-state index is -2.96. The van der Waals surface area contributed by atoms with Gasteiger partial charge in [-0.25, -0.2) is 8.42 Å². The van der Waals surface area contributed by atoms with Crippen molar-refractivity contribution in [3.05, 3.63) is 11.9 Å². The molecule has 0 aliphatic heterocycles. The Kier molecular flexibility index (Phi) is 5.07. The molecule has 1 rings (SSSR count). The highest BCUT2D eigenvalue weighted by atomic mass is 32.2. The summed E-state index contributed by atoms with van der Waals surface area (Å²) in [6.07, 6.45) is 3.57. The van der Waals surface area contributed by atoms with Gasteiger partial charge in [0.2, 0.25) is 0 Å². The normalized spacial score (nSPS) is 13.8. The SMILES string of the molecule is CCCC(N)c1cn(CCS(=O)(=O)CC)nn1. The van der Waals surface area contributed by atoms with Crippen molar-refractivity contribution < 1.29 is 8.42 Å². The van der Waals surface area contributed by atoms with E-state index in [4.69, 9.17) is 5.73 Å². The van der Waals surface area contributed by atoms with Crippen molar-refractivity contribution in [3.8, 4) is 0 Å². The predicted octanol–water partition coefficient (Wildman–Crippen LogP) is 0.513. The van der Waals surface area contributed by atoms with E-state index in [0.29, 0.717) is 6.54 Å². The Morgan fingerprint density at radius 3 is 2.76 bits per heavy atom. The van der Waals surface area contributed by atoms with E-state index in [-0.39, 0.29) is 17.5 Å². The van der Waals surface area contributed by atoms with Crippen LogP contribution in [0.5, 0.6) is 0 Å². The van der Waals surface area contributed by atoms with E-state index in [1.54, 1.807) is 13.1 Å². The summed E-state index contributed by atoms with van der Waals surface area (Å²) in [5.74, 6) is 0.249. The Hall–Kier alpha value is -0.950. The molecule has 0 saturated carbocycles. The molecule has 1 unspecified atom stereocenters. The van der Waals surface area contributed by atoms with E-state index < -0.39 is 9.84 Å². The number of rotatable bonds is 7. The largest absolute Gasteiger partial charge is 0.323 e. The molecule has 0 fully saturated rings. The Balaban J connectivity index is 2.57. The molecule has 17 heavy (non-hydrogen) atoms. The van der Waals surface area contributed by atoms with Crippen LogP contribution in [0.1, 0.15) is 38.4 Å². The fourth-order valence-electron chi connectivity index (χ4n) is 1.43. The first-order chi connectivity index (χ1) is 7.98. The first-order valence-electron chi connectivity index (χ1n) is 5.84. The van der Waals surface area contributed by atoms with Crippen molar-refractivity contribution in [3.63, 3.8) is 0 Å². The Morgan fingerprint density at radius 2 is 2.18 bits per heavy atom. The minimum Gasteiger partial charge on any atom is -0.323 e. The fourth-order valence-corrected chi connectivity index (χ4v) is 2.18. The van der Waals surface area contributed by atoms with Crippen molar-refractivity contribution >= 4 is 9.84 Å². The molecule has 1 aromatic rings. The smallest absolute Gasteiger partial charge is 0.151 e. The summed E-state index contributed by atoms with van der Waals surface area (Å²) in [6, 6.07) is -0.114. The maximum absolute atomic E-state index is 11.3. The second kappa shape index (κ2) is 6.11. The van der Waals surface area contributed by atoms with Crippen LogP contribution in [0.3, 0.4) is 0 Å². The van der Waals surface area contributed by atoms with E-state index in [0.717, 1.165) is 18.5 Å². The van der Waals surface area contributed by atoms with Gasteiger partial charge in [-0.05, 0) is 6.42 Å². The third-order valence-corrected chi connectivity index (χ3v) is 4.29. The zero-order chi connectivity index (χ0) is 12.9. The highest BCUT2D eigenvalue weighted by Gasteiger charge is 2.11. The summed E-state index contributed by atoms with van der Waals surface area (Å²) in [4.78, 5) is 0. The van der Waals surface area contributed by atoms with Crippen molar-refractivity contribution in [2.45, 2.75) is 39.3 Å². The second-order valence-corrected chi connectivity index (χ2v) is 6.51. The van der Waals surface area contributed by atoms with Gasteiger partial charge in [-0.1, -0.05) is 25.5 Å². The molecule has 7 heteroatoms. The van der Waals surface area contributed by atoms with Crippen molar-refractivity contribution in [1.29, 1.82) is 0 Å². The zero-order valence-corrected chi connectivity index (χ0v) is 11.2. The number of aromatic nitrogens is 3. The summed E-state index contributed by atoms with van der Waals surface area (Å²) < 4.78 is 24.2. The molecular formula is C10H20N4O2S. The molecule has 0 aliphatic rings. The van der Waals surface area contributed by atoms with E-state index in [2.05, 4.69) is 17.2 Å². The van der Waals surface area contributed by atoms with Gasteiger partial charge in [-0.3, -0.25) is 4.68 Å². The van der Waals surface area contributed by atoms with Gasteiger partial charge in [0, 0.05) is 5.75 Å². The standard InChI is InChI=1S/C10H20N4O2S/c1-3-5-9(11)10-8-14(13-12-10)6-7-17(15,16)4-2/h8-9H,3-7,11H2,1-2H3. The lowest BCUT2D eigenvalue weighted by atomic mass is 10.1. The van der Waals surface area contributed by atoms with E-state index in [1.165, 1.54) is 4.68 Å². The van der Waals surface area contributed by atoms with Gasteiger partial charge in [-0.2, -0.15) is 0 Å². The topological polar surface area (TPSA) is 90.9 Å². The van der Waals surface area contributed by atoms with E-state index in [9.17, 15) is 8.42 Å². The Morgan fingerprint density at radius 1 is 1.47 bits per heavy atom. The molecule has 0 aromatic carbocycles. The summed E-state index contributed by atoms with van der Waals surface area (Å²) in [6.45, 7) is 4.03. The monoisotopic (exact) mass is 260 g/mol. The van der Waals surface area contributed by atoms with Gasteiger partial charge in [0.1, 0.15) is 0 Å². The highest BCUT2D eigenvalue weighted by molar-refractivity contribution is 7.91. The molecule has 2 N–H and O–H groups in total. The molecule has 1 aromatic heterocycles. The van der Waals surface area contributed by atoms with Crippen LogP contribution in [0.25, 0.3) is 0 Å². The van der Waals surface area contributed by atoms with Crippen LogP contribution >= 0.6 is 0 Å². The predicted molar refractivity (Wildman–Crippen MR) is 66.2 cm³/mol. The van der Waals surface area contributed by atoms with E-state index >= 15 is 0 Å². The van der Waals surface area contributed by atoms with Crippen LogP contribution in [0.2, 0.25) is 0 Å². The third-order valence-electron chi connectivity index (χ3n) is 2.61. The number of sulfone groups is 1. The first-order valence-corrected chi connectivity index (χ1v) is 7.66. The van der Waals surface area contributed by atoms with Crippen LogP contribution in [0.4, 0.5) is 0 Å². The molecular weight excluding hydrogens is 240 g/mol. The molecule has 0 spiro atoms. The molecule has 0 amide bonds. The highest BCUT2D eigenvalue weighted by Crippen LogP contribution is 2.11. The maximum Gasteiger partial charge on any atom is 0.151 e.